The molecular weight excluding hydrogens is 313 g/mol. The largest absolute Gasteiger partial charge is 0.353 e. The number of nitrogens with one attached hydrogen (secondary N) is 1. The van der Waals surface area contributed by atoms with Gasteiger partial charge in [-0.2, -0.15) is 0 Å². The number of hydrogen-bond acceptors (Lipinski definition) is 1. The van der Waals surface area contributed by atoms with Gasteiger partial charge < -0.3 is 5.32 Å². The van der Waals surface area contributed by atoms with E-state index < -0.39 is 0 Å². The van der Waals surface area contributed by atoms with Crippen molar-refractivity contribution >= 4 is 34.6 Å². The van der Waals surface area contributed by atoms with Crippen LogP contribution in [0, 0.1) is 0 Å². The summed E-state index contributed by atoms with van der Waals surface area (Å²) < 4.78 is 0. The van der Waals surface area contributed by atoms with Crippen LogP contribution in [-0.4, -0.2) is 0 Å². The van der Waals surface area contributed by atoms with E-state index in [1.54, 1.807) is 0 Å². The molecule has 0 atom stereocenters. The zero-order valence-corrected chi connectivity index (χ0v) is 15.7. The van der Waals surface area contributed by atoms with Crippen molar-refractivity contribution < 1.29 is 0 Å². The second kappa shape index (κ2) is 12.4. The van der Waals surface area contributed by atoms with Crippen LogP contribution in [0.2, 0.25) is 10.0 Å². The predicted octanol–water partition coefficient (Wildman–Crippen LogP) is 7.74. The predicted molar refractivity (Wildman–Crippen MR) is 103 cm³/mol. The maximum atomic E-state index is 6.13. The first-order valence-electron chi connectivity index (χ1n) is 7.92. The summed E-state index contributed by atoms with van der Waals surface area (Å²) in [6.45, 7) is 10.4. The maximum Gasteiger partial charge on any atom is 0.0762 e. The van der Waals surface area contributed by atoms with E-state index in [1.807, 2.05) is 50.2 Å². The Hall–Kier alpha value is -1.18. The fourth-order valence-electron chi connectivity index (χ4n) is 1.70. The van der Waals surface area contributed by atoms with Gasteiger partial charge in [0.2, 0.25) is 0 Å². The summed E-state index contributed by atoms with van der Waals surface area (Å²) in [6.07, 6.45) is 2.21. The standard InChI is InChI=1S/C14H13Cl2N.C3H8.C2H6/c1-2-10-6-3-4-9-13(10)17-14-11(15)7-5-8-12(14)16;1-3-2;1-2/h3-9,17H,2H2,1H3;3H2,1-2H3;1-2H3. The van der Waals surface area contributed by atoms with Crippen molar-refractivity contribution in [1.82, 2.24) is 0 Å². The Kier molecular flexibility index (Phi) is 11.7. The topological polar surface area (TPSA) is 12.0 Å². The molecule has 0 aliphatic heterocycles. The van der Waals surface area contributed by atoms with Gasteiger partial charge in [-0.1, -0.05) is 88.5 Å². The molecule has 0 heterocycles. The molecule has 0 saturated carbocycles. The fourth-order valence-corrected chi connectivity index (χ4v) is 2.19. The second-order valence-electron chi connectivity index (χ2n) is 4.44. The van der Waals surface area contributed by atoms with Gasteiger partial charge in [0.25, 0.3) is 0 Å². The zero-order valence-electron chi connectivity index (χ0n) is 14.2. The quantitative estimate of drug-likeness (QED) is 0.602. The molecule has 3 heteroatoms. The van der Waals surface area contributed by atoms with Crippen molar-refractivity contribution in [2.24, 2.45) is 0 Å². The van der Waals surface area contributed by atoms with Gasteiger partial charge >= 0.3 is 0 Å². The lowest BCUT2D eigenvalue weighted by Gasteiger charge is -2.13. The zero-order chi connectivity index (χ0) is 17.0. The summed E-state index contributed by atoms with van der Waals surface area (Å²) in [6, 6.07) is 13.6. The van der Waals surface area contributed by atoms with Gasteiger partial charge in [-0.25, -0.2) is 0 Å². The van der Waals surface area contributed by atoms with Gasteiger partial charge in [0.05, 0.1) is 15.7 Å². The highest BCUT2D eigenvalue weighted by Gasteiger charge is 2.07. The van der Waals surface area contributed by atoms with Crippen LogP contribution in [0.1, 0.15) is 46.6 Å². The van der Waals surface area contributed by atoms with Crippen LogP contribution >= 0.6 is 23.2 Å². The summed E-state index contributed by atoms with van der Waals surface area (Å²) in [7, 11) is 0. The minimum Gasteiger partial charge on any atom is -0.353 e. The van der Waals surface area contributed by atoms with E-state index >= 15 is 0 Å². The van der Waals surface area contributed by atoms with Gasteiger partial charge in [0.15, 0.2) is 0 Å². The summed E-state index contributed by atoms with van der Waals surface area (Å²) >= 11 is 12.3. The van der Waals surface area contributed by atoms with Gasteiger partial charge in [-0.05, 0) is 30.2 Å². The van der Waals surface area contributed by atoms with Crippen molar-refractivity contribution in [3.63, 3.8) is 0 Å². The molecule has 0 bridgehead atoms. The Morgan fingerprint density at radius 2 is 1.32 bits per heavy atom. The highest BCUT2D eigenvalue weighted by molar-refractivity contribution is 6.39. The van der Waals surface area contributed by atoms with Crippen LogP contribution in [0.5, 0.6) is 0 Å². The van der Waals surface area contributed by atoms with Crippen LogP contribution in [0.3, 0.4) is 0 Å². The number of para-hydroxylation sites is 2. The number of anilines is 2. The molecule has 22 heavy (non-hydrogen) atoms. The highest BCUT2D eigenvalue weighted by Crippen LogP contribution is 2.33. The molecule has 0 aliphatic carbocycles. The molecule has 0 aliphatic rings. The van der Waals surface area contributed by atoms with Crippen LogP contribution in [-0.2, 0) is 6.42 Å². The average molecular weight is 340 g/mol. The molecule has 1 N–H and O–H groups in total. The Labute approximate surface area is 145 Å². The Morgan fingerprint density at radius 1 is 0.818 bits per heavy atom. The monoisotopic (exact) mass is 339 g/mol. The van der Waals surface area contributed by atoms with Crippen molar-refractivity contribution in [2.45, 2.75) is 47.5 Å². The molecular formula is C19H27Cl2N. The Bertz CT molecular complexity index is 518. The van der Waals surface area contributed by atoms with E-state index in [1.165, 1.54) is 12.0 Å². The van der Waals surface area contributed by atoms with Crippen LogP contribution in [0.25, 0.3) is 0 Å². The molecule has 2 aromatic carbocycles. The van der Waals surface area contributed by atoms with Gasteiger partial charge in [-0.15, -0.1) is 0 Å². The lowest BCUT2D eigenvalue weighted by molar-refractivity contribution is 1.09. The van der Waals surface area contributed by atoms with Crippen molar-refractivity contribution in [2.75, 3.05) is 5.32 Å². The van der Waals surface area contributed by atoms with E-state index in [2.05, 4.69) is 32.2 Å². The van der Waals surface area contributed by atoms with E-state index in [4.69, 9.17) is 23.2 Å². The van der Waals surface area contributed by atoms with Gasteiger partial charge in [0, 0.05) is 5.69 Å². The third kappa shape index (κ3) is 6.72. The average Bonchev–Trinajstić information content (AvgIpc) is 2.54. The maximum absolute atomic E-state index is 6.13. The lowest BCUT2D eigenvalue weighted by atomic mass is 10.1. The first-order valence-corrected chi connectivity index (χ1v) is 8.68. The lowest BCUT2D eigenvalue weighted by Crippen LogP contribution is -1.96. The number of rotatable bonds is 3. The molecule has 0 spiro atoms. The first kappa shape index (κ1) is 20.8. The molecule has 2 rings (SSSR count). The SMILES string of the molecule is CC.CCC.CCc1ccccc1Nc1c(Cl)cccc1Cl. The van der Waals surface area contributed by atoms with Crippen LogP contribution in [0.15, 0.2) is 42.5 Å². The molecule has 0 unspecified atom stereocenters. The minimum atomic E-state index is 0.628. The van der Waals surface area contributed by atoms with Crippen molar-refractivity contribution in [3.8, 4) is 0 Å². The summed E-state index contributed by atoms with van der Waals surface area (Å²) in [4.78, 5) is 0. The van der Waals surface area contributed by atoms with E-state index in [0.29, 0.717) is 10.0 Å². The Morgan fingerprint density at radius 3 is 1.82 bits per heavy atom. The number of hydrogen-bond donors (Lipinski definition) is 1. The molecule has 1 nitrogen and oxygen atoms in total. The van der Waals surface area contributed by atoms with Crippen LogP contribution < -0.4 is 5.32 Å². The van der Waals surface area contributed by atoms with Crippen LogP contribution in [0.4, 0.5) is 11.4 Å². The highest BCUT2D eigenvalue weighted by atomic mass is 35.5. The molecule has 0 radical (unpaired) electrons. The second-order valence-corrected chi connectivity index (χ2v) is 5.25. The van der Waals surface area contributed by atoms with Crippen molar-refractivity contribution in [1.29, 1.82) is 0 Å². The van der Waals surface area contributed by atoms with E-state index in [9.17, 15) is 0 Å². The summed E-state index contributed by atoms with van der Waals surface area (Å²) in [5, 5.41) is 4.55. The number of halogens is 2. The molecule has 2 aromatic rings. The molecule has 0 saturated heterocycles. The first-order chi connectivity index (χ1) is 10.6. The molecule has 122 valence electrons. The number of aryl methyl sites for hydroxylation is 1. The fraction of sp³-hybridized carbons (Fsp3) is 0.368. The third-order valence-corrected chi connectivity index (χ3v) is 3.25. The van der Waals surface area contributed by atoms with Gasteiger partial charge in [0.1, 0.15) is 0 Å². The minimum absolute atomic E-state index is 0.628. The molecule has 0 amide bonds. The van der Waals surface area contributed by atoms with Crippen molar-refractivity contribution in [3.05, 3.63) is 58.1 Å². The number of benzene rings is 2. The van der Waals surface area contributed by atoms with E-state index in [-0.39, 0.29) is 0 Å². The Balaban J connectivity index is 0.000000789. The van der Waals surface area contributed by atoms with Gasteiger partial charge in [-0.3, -0.25) is 0 Å². The molecule has 0 aromatic heterocycles. The summed E-state index contributed by atoms with van der Waals surface area (Å²) in [5.74, 6) is 0. The molecule has 0 fully saturated rings. The van der Waals surface area contributed by atoms with E-state index in [0.717, 1.165) is 17.8 Å². The third-order valence-electron chi connectivity index (χ3n) is 2.62. The normalized spacial score (nSPS) is 9.05. The smallest absolute Gasteiger partial charge is 0.0762 e. The summed E-state index contributed by atoms with van der Waals surface area (Å²) in [5.41, 5.74) is 3.05.